The van der Waals surface area contributed by atoms with Crippen LogP contribution < -0.4 is 0 Å². The van der Waals surface area contributed by atoms with E-state index in [4.69, 9.17) is 0 Å². The van der Waals surface area contributed by atoms with E-state index in [2.05, 4.69) is 27.7 Å². The number of hydrogen-bond donors (Lipinski definition) is 4. The highest BCUT2D eigenvalue weighted by Gasteiger charge is 2.61. The molecule has 2 saturated carbocycles. The van der Waals surface area contributed by atoms with Crippen LogP contribution in [0.5, 0.6) is 0 Å². The molecule has 5 heteroatoms. The molecule has 0 saturated heterocycles. The minimum Gasteiger partial charge on any atom is -0.390 e. The van der Waals surface area contributed by atoms with Crippen LogP contribution in [0.25, 0.3) is 0 Å². The van der Waals surface area contributed by atoms with Crippen LogP contribution in [-0.2, 0) is 4.79 Å². The fourth-order valence-electron chi connectivity index (χ4n) is 7.92. The van der Waals surface area contributed by atoms with Gasteiger partial charge < -0.3 is 20.4 Å². The molecular weight excluding hydrogens is 404 g/mol. The molecule has 4 N–H and O–H groups in total. The molecule has 9 atom stereocenters. The van der Waals surface area contributed by atoms with Crippen molar-refractivity contribution in [2.45, 2.75) is 103 Å². The van der Waals surface area contributed by atoms with Crippen LogP contribution in [-0.4, -0.2) is 50.1 Å². The first-order valence-corrected chi connectivity index (χ1v) is 12.6. The van der Waals surface area contributed by atoms with Crippen LogP contribution in [0.15, 0.2) is 23.3 Å². The summed E-state index contributed by atoms with van der Waals surface area (Å²) >= 11 is 0. The quantitative estimate of drug-likeness (QED) is 0.518. The second-order valence-electron chi connectivity index (χ2n) is 12.3. The Hall–Kier alpha value is -1.01. The average molecular weight is 447 g/mol. The van der Waals surface area contributed by atoms with Crippen molar-refractivity contribution >= 4 is 5.78 Å². The third-order valence-corrected chi connectivity index (χ3v) is 9.82. The molecule has 4 aliphatic carbocycles. The average Bonchev–Trinajstić information content (AvgIpc) is 3.06. The highest BCUT2D eigenvalue weighted by molar-refractivity contribution is 6.07. The maximum Gasteiger partial charge on any atom is 0.182 e. The van der Waals surface area contributed by atoms with Gasteiger partial charge in [0.1, 0.15) is 0 Å². The Morgan fingerprint density at radius 1 is 1.12 bits per heavy atom. The van der Waals surface area contributed by atoms with Gasteiger partial charge in [0.25, 0.3) is 0 Å². The maximum absolute atomic E-state index is 13.1. The second-order valence-corrected chi connectivity index (χ2v) is 12.3. The molecule has 2 fully saturated rings. The lowest BCUT2D eigenvalue weighted by Crippen LogP contribution is -2.55. The molecule has 4 rings (SSSR count). The molecule has 5 nitrogen and oxygen atoms in total. The third kappa shape index (κ3) is 3.55. The number of fused-ring (bicyclic) bond motifs is 5. The molecule has 0 aromatic heterocycles. The van der Waals surface area contributed by atoms with Crippen LogP contribution >= 0.6 is 0 Å². The number of rotatable bonds is 5. The predicted octanol–water partition coefficient (Wildman–Crippen LogP) is 3.54. The Labute approximate surface area is 192 Å². The Morgan fingerprint density at radius 2 is 1.81 bits per heavy atom. The van der Waals surface area contributed by atoms with Crippen molar-refractivity contribution in [3.63, 3.8) is 0 Å². The summed E-state index contributed by atoms with van der Waals surface area (Å²) in [6, 6.07) is 0. The monoisotopic (exact) mass is 446 g/mol. The fraction of sp³-hybridized carbons (Fsp3) is 0.815. The maximum atomic E-state index is 13.1. The van der Waals surface area contributed by atoms with Crippen LogP contribution in [0.2, 0.25) is 0 Å². The summed E-state index contributed by atoms with van der Waals surface area (Å²) < 4.78 is 0. The van der Waals surface area contributed by atoms with Gasteiger partial charge in [-0.1, -0.05) is 33.3 Å². The minimum atomic E-state index is -1.16. The molecular formula is C27H42O5. The lowest BCUT2D eigenvalue weighted by atomic mass is 9.49. The zero-order chi connectivity index (χ0) is 23.6. The van der Waals surface area contributed by atoms with Crippen molar-refractivity contribution in [3.05, 3.63) is 23.3 Å². The van der Waals surface area contributed by atoms with Gasteiger partial charge in [-0.3, -0.25) is 4.79 Å². The van der Waals surface area contributed by atoms with Crippen molar-refractivity contribution in [3.8, 4) is 0 Å². The molecule has 0 spiro atoms. The molecule has 0 heterocycles. The number of ketones is 1. The molecule has 0 amide bonds. The molecule has 4 aliphatic rings. The van der Waals surface area contributed by atoms with Crippen molar-refractivity contribution in [1.29, 1.82) is 0 Å². The van der Waals surface area contributed by atoms with Gasteiger partial charge in [0.15, 0.2) is 5.78 Å². The first-order chi connectivity index (χ1) is 14.8. The standard InChI is InChI=1S/C27H42O5/c1-15(2)6-9-24(31)27(5,32)23-8-7-17-16-12-20(28)19-13-21(29)22(30)14-26(19,4)18(16)10-11-25(17,23)3/h12-13,15,17-18,21-24,29-32H,6-11,14H2,1-5H3/t17-,18+,21+,22+,23-,24+,25+,26-,27-/m1/s1. The van der Waals surface area contributed by atoms with Gasteiger partial charge in [-0.05, 0) is 93.1 Å². The number of allylic oxidation sites excluding steroid dienone is 3. The van der Waals surface area contributed by atoms with Gasteiger partial charge in [-0.15, -0.1) is 0 Å². The fourth-order valence-corrected chi connectivity index (χ4v) is 7.92. The van der Waals surface area contributed by atoms with Crippen LogP contribution in [0.4, 0.5) is 0 Å². The van der Waals surface area contributed by atoms with Crippen molar-refractivity contribution < 1.29 is 25.2 Å². The molecule has 0 aromatic carbocycles. The van der Waals surface area contributed by atoms with Crippen molar-refractivity contribution in [2.24, 2.45) is 34.5 Å². The molecule has 0 unspecified atom stereocenters. The Kier molecular flexibility index (Phi) is 6.06. The molecule has 0 aliphatic heterocycles. The minimum absolute atomic E-state index is 0.0253. The summed E-state index contributed by atoms with van der Waals surface area (Å²) in [4.78, 5) is 13.1. The number of carbonyl (C=O) groups excluding carboxylic acids is 1. The first-order valence-electron chi connectivity index (χ1n) is 12.6. The van der Waals surface area contributed by atoms with Crippen LogP contribution in [0, 0.1) is 34.5 Å². The Morgan fingerprint density at radius 3 is 2.47 bits per heavy atom. The summed E-state index contributed by atoms with van der Waals surface area (Å²) in [5.74, 6) is 0.778. The molecule has 0 aromatic rings. The normalized spacial score (nSPS) is 44.2. The Bertz CT molecular complexity index is 826. The summed E-state index contributed by atoms with van der Waals surface area (Å²) in [5, 5.41) is 43.0. The largest absolute Gasteiger partial charge is 0.390 e. The van der Waals surface area contributed by atoms with Gasteiger partial charge in [0.2, 0.25) is 0 Å². The van der Waals surface area contributed by atoms with E-state index < -0.39 is 29.3 Å². The van der Waals surface area contributed by atoms with Crippen molar-refractivity contribution in [2.75, 3.05) is 0 Å². The van der Waals surface area contributed by atoms with E-state index in [1.807, 2.05) is 6.92 Å². The van der Waals surface area contributed by atoms with Gasteiger partial charge in [0.05, 0.1) is 23.9 Å². The number of aliphatic hydroxyl groups is 4. The first kappa shape index (κ1) is 24.1. The summed E-state index contributed by atoms with van der Waals surface area (Å²) in [6.07, 6.45) is 6.22. The van der Waals surface area contributed by atoms with Gasteiger partial charge in [0, 0.05) is 11.0 Å². The van der Waals surface area contributed by atoms with E-state index in [1.165, 1.54) is 5.57 Å². The highest BCUT2D eigenvalue weighted by atomic mass is 16.3. The van der Waals surface area contributed by atoms with E-state index in [0.717, 1.165) is 32.1 Å². The molecule has 0 bridgehead atoms. The zero-order valence-corrected chi connectivity index (χ0v) is 20.3. The molecule has 180 valence electrons. The SMILES string of the molecule is CC(C)CC[C@H](O)[C@](C)(O)[C@@H]1CC[C@@H]2C3=CC(=O)C4=C[C@H](O)[C@@H](O)C[C@]4(C)[C@H]3CC[C@@]21C. The lowest BCUT2D eigenvalue weighted by Gasteiger charge is -2.56. The van der Waals surface area contributed by atoms with Gasteiger partial charge in [-0.25, -0.2) is 0 Å². The zero-order valence-electron chi connectivity index (χ0n) is 20.3. The van der Waals surface area contributed by atoms with Crippen LogP contribution in [0.3, 0.4) is 0 Å². The number of carbonyl (C=O) groups is 1. The molecule has 32 heavy (non-hydrogen) atoms. The van der Waals surface area contributed by atoms with E-state index >= 15 is 0 Å². The second kappa shape index (κ2) is 8.04. The van der Waals surface area contributed by atoms with Crippen molar-refractivity contribution in [1.82, 2.24) is 0 Å². The number of hydrogen-bond acceptors (Lipinski definition) is 5. The highest BCUT2D eigenvalue weighted by Crippen LogP contribution is 2.66. The van der Waals surface area contributed by atoms with E-state index in [1.54, 1.807) is 12.2 Å². The summed E-state index contributed by atoms with van der Waals surface area (Å²) in [6.45, 7) is 10.4. The lowest BCUT2D eigenvalue weighted by molar-refractivity contribution is -0.139. The van der Waals surface area contributed by atoms with Crippen LogP contribution in [0.1, 0.15) is 79.6 Å². The summed E-state index contributed by atoms with van der Waals surface area (Å²) in [7, 11) is 0. The smallest absolute Gasteiger partial charge is 0.182 e. The van der Waals surface area contributed by atoms with E-state index in [0.29, 0.717) is 24.3 Å². The molecule has 0 radical (unpaired) electrons. The number of aliphatic hydroxyl groups excluding tert-OH is 3. The predicted molar refractivity (Wildman–Crippen MR) is 124 cm³/mol. The summed E-state index contributed by atoms with van der Waals surface area (Å²) in [5.41, 5.74) is 0.0264. The van der Waals surface area contributed by atoms with E-state index in [9.17, 15) is 25.2 Å². The van der Waals surface area contributed by atoms with Gasteiger partial charge >= 0.3 is 0 Å². The Balaban J connectivity index is 1.65. The van der Waals surface area contributed by atoms with E-state index in [-0.39, 0.29) is 29.0 Å². The topological polar surface area (TPSA) is 98.0 Å². The third-order valence-electron chi connectivity index (χ3n) is 9.82. The van der Waals surface area contributed by atoms with Gasteiger partial charge in [-0.2, -0.15) is 0 Å².